The largest absolute Gasteiger partial charge is 0.300 e. The Bertz CT molecular complexity index is 760. The van der Waals surface area contributed by atoms with Crippen molar-refractivity contribution in [1.29, 1.82) is 0 Å². The van der Waals surface area contributed by atoms with Crippen LogP contribution in [0.1, 0.15) is 78.7 Å². The van der Waals surface area contributed by atoms with Gasteiger partial charge in [0.05, 0.1) is 0 Å². The predicted octanol–water partition coefficient (Wildman–Crippen LogP) is 6.74. The van der Waals surface area contributed by atoms with E-state index in [-0.39, 0.29) is 17.1 Å². The third-order valence-electron chi connectivity index (χ3n) is 7.82. The van der Waals surface area contributed by atoms with Gasteiger partial charge in [0.15, 0.2) is 5.78 Å². The zero-order valence-corrected chi connectivity index (χ0v) is 18.9. The number of Topliss-reactive ketones (excluding diaryl/α,β-unsaturated/α-hetero) is 2. The maximum absolute atomic E-state index is 13.9. The summed E-state index contributed by atoms with van der Waals surface area (Å²) in [7, 11) is 0. The molecule has 0 radical (unpaired) electrons. The van der Waals surface area contributed by atoms with Crippen LogP contribution < -0.4 is 0 Å². The Morgan fingerprint density at radius 3 is 2.55 bits per heavy atom. The first-order valence-electron chi connectivity index (χ1n) is 11.5. The van der Waals surface area contributed by atoms with Gasteiger partial charge in [0, 0.05) is 12.3 Å². The maximum atomic E-state index is 13.9. The van der Waals surface area contributed by atoms with Gasteiger partial charge in [-0.2, -0.15) is 0 Å². The SMILES string of the molecule is CC(=O)CC[C@H]1C(=O)/C(=C/c2ccccc2)C[C@@H](C)C[C@H]2[C@H](C(C)C)CC[C@@]12C. The van der Waals surface area contributed by atoms with E-state index in [0.717, 1.165) is 24.0 Å². The van der Waals surface area contributed by atoms with Crippen LogP contribution in [-0.2, 0) is 9.59 Å². The number of fused-ring (bicyclic) bond motifs is 1. The lowest BCUT2D eigenvalue weighted by Crippen LogP contribution is -2.42. The van der Waals surface area contributed by atoms with Crippen molar-refractivity contribution in [1.82, 2.24) is 0 Å². The molecule has 1 aromatic carbocycles. The summed E-state index contributed by atoms with van der Waals surface area (Å²) < 4.78 is 0. The number of rotatable bonds is 5. The van der Waals surface area contributed by atoms with Gasteiger partial charge in [0.2, 0.25) is 0 Å². The Labute approximate surface area is 177 Å². The first-order valence-corrected chi connectivity index (χ1v) is 11.5. The molecule has 0 unspecified atom stereocenters. The quantitative estimate of drug-likeness (QED) is 0.518. The number of allylic oxidation sites excluding steroid dienone is 1. The van der Waals surface area contributed by atoms with Gasteiger partial charge in [-0.15, -0.1) is 0 Å². The third kappa shape index (κ3) is 4.73. The van der Waals surface area contributed by atoms with Crippen molar-refractivity contribution in [2.24, 2.45) is 35.0 Å². The standard InChI is InChI=1S/C27H38O2/c1-18(2)23-13-14-27(5)24(12-11-20(4)28)26(29)22(15-19(3)16-25(23)27)17-21-9-7-6-8-10-21/h6-10,17-19,23-25H,11-16H2,1-5H3/b22-17+/t19-,23+,24+,25+,27+/m1/s1. The summed E-state index contributed by atoms with van der Waals surface area (Å²) >= 11 is 0. The fraction of sp³-hybridized carbons (Fsp3) is 0.630. The molecule has 2 aliphatic rings. The number of hydrogen-bond donors (Lipinski definition) is 0. The zero-order valence-electron chi connectivity index (χ0n) is 18.9. The van der Waals surface area contributed by atoms with Gasteiger partial charge in [-0.25, -0.2) is 0 Å². The second kappa shape index (κ2) is 8.98. The molecule has 158 valence electrons. The van der Waals surface area contributed by atoms with Crippen LogP contribution in [0.2, 0.25) is 0 Å². The number of hydrogen-bond acceptors (Lipinski definition) is 2. The average Bonchev–Trinajstić information content (AvgIpc) is 2.98. The van der Waals surface area contributed by atoms with E-state index in [1.807, 2.05) is 18.2 Å². The summed E-state index contributed by atoms with van der Waals surface area (Å²) in [4.78, 5) is 25.7. The average molecular weight is 395 g/mol. The van der Waals surface area contributed by atoms with Crippen LogP contribution in [0.25, 0.3) is 6.08 Å². The van der Waals surface area contributed by atoms with Gasteiger partial charge in [-0.05, 0) is 85.3 Å². The Kier molecular flexibility index (Phi) is 6.81. The van der Waals surface area contributed by atoms with E-state index in [2.05, 4.69) is 45.9 Å². The van der Waals surface area contributed by atoms with E-state index in [1.165, 1.54) is 12.8 Å². The van der Waals surface area contributed by atoms with E-state index in [1.54, 1.807) is 6.92 Å². The lowest BCUT2D eigenvalue weighted by atomic mass is 9.59. The maximum Gasteiger partial charge on any atom is 0.162 e. The van der Waals surface area contributed by atoms with Crippen LogP contribution in [0.4, 0.5) is 0 Å². The van der Waals surface area contributed by atoms with Gasteiger partial charge in [0.1, 0.15) is 5.78 Å². The molecule has 2 aliphatic carbocycles. The van der Waals surface area contributed by atoms with E-state index in [0.29, 0.717) is 42.3 Å². The van der Waals surface area contributed by atoms with Crippen LogP contribution in [0.15, 0.2) is 35.9 Å². The fourth-order valence-corrected chi connectivity index (χ4v) is 6.23. The zero-order chi connectivity index (χ0) is 21.2. The van der Waals surface area contributed by atoms with E-state index >= 15 is 0 Å². The Balaban J connectivity index is 2.02. The molecule has 2 saturated carbocycles. The molecule has 29 heavy (non-hydrogen) atoms. The molecule has 0 bridgehead atoms. The molecule has 3 rings (SSSR count). The molecule has 2 nitrogen and oxygen atoms in total. The highest BCUT2D eigenvalue weighted by atomic mass is 16.1. The predicted molar refractivity (Wildman–Crippen MR) is 120 cm³/mol. The molecule has 0 saturated heterocycles. The summed E-state index contributed by atoms with van der Waals surface area (Å²) in [6.45, 7) is 11.0. The Morgan fingerprint density at radius 2 is 1.93 bits per heavy atom. The second-order valence-corrected chi connectivity index (χ2v) is 10.3. The molecular formula is C27H38O2. The number of carbonyl (C=O) groups excluding carboxylic acids is 2. The highest BCUT2D eigenvalue weighted by Gasteiger charge is 2.53. The highest BCUT2D eigenvalue weighted by Crippen LogP contribution is 2.58. The summed E-state index contributed by atoms with van der Waals surface area (Å²) in [5.41, 5.74) is 2.07. The van der Waals surface area contributed by atoms with Crippen LogP contribution in [0, 0.1) is 35.0 Å². The van der Waals surface area contributed by atoms with E-state index in [9.17, 15) is 9.59 Å². The molecule has 0 aliphatic heterocycles. The molecule has 2 heteroatoms. The summed E-state index contributed by atoms with van der Waals surface area (Å²) in [6, 6.07) is 10.2. The Morgan fingerprint density at radius 1 is 1.24 bits per heavy atom. The molecule has 0 N–H and O–H groups in total. The van der Waals surface area contributed by atoms with Crippen molar-refractivity contribution in [3.8, 4) is 0 Å². The molecule has 0 spiro atoms. The monoisotopic (exact) mass is 394 g/mol. The van der Waals surface area contributed by atoms with Crippen molar-refractivity contribution in [3.05, 3.63) is 41.5 Å². The van der Waals surface area contributed by atoms with E-state index < -0.39 is 0 Å². The minimum Gasteiger partial charge on any atom is -0.300 e. The number of benzene rings is 1. The lowest BCUT2D eigenvalue weighted by Gasteiger charge is -2.44. The molecule has 1 aromatic rings. The van der Waals surface area contributed by atoms with Crippen molar-refractivity contribution in [2.75, 3.05) is 0 Å². The molecule has 2 fully saturated rings. The number of carbonyl (C=O) groups is 2. The first kappa shape index (κ1) is 22.0. The normalized spacial score (nSPS) is 34.1. The molecule has 0 heterocycles. The summed E-state index contributed by atoms with van der Waals surface area (Å²) in [5, 5.41) is 0. The third-order valence-corrected chi connectivity index (χ3v) is 7.82. The Hall–Kier alpha value is -1.70. The summed E-state index contributed by atoms with van der Waals surface area (Å²) in [5.74, 6) is 2.88. The van der Waals surface area contributed by atoms with Crippen molar-refractivity contribution < 1.29 is 9.59 Å². The van der Waals surface area contributed by atoms with Gasteiger partial charge in [-0.3, -0.25) is 4.79 Å². The molecular weight excluding hydrogens is 356 g/mol. The minimum atomic E-state index is -0.0392. The molecule has 0 aromatic heterocycles. The van der Waals surface area contributed by atoms with Gasteiger partial charge in [0.25, 0.3) is 0 Å². The van der Waals surface area contributed by atoms with Crippen LogP contribution in [0.5, 0.6) is 0 Å². The second-order valence-electron chi connectivity index (χ2n) is 10.3. The minimum absolute atomic E-state index is 0.00588. The lowest BCUT2D eigenvalue weighted by molar-refractivity contribution is -0.127. The van der Waals surface area contributed by atoms with Crippen molar-refractivity contribution >= 4 is 17.6 Å². The molecule has 0 amide bonds. The van der Waals surface area contributed by atoms with Crippen LogP contribution in [-0.4, -0.2) is 11.6 Å². The topological polar surface area (TPSA) is 34.1 Å². The van der Waals surface area contributed by atoms with Crippen LogP contribution >= 0.6 is 0 Å². The summed E-state index contributed by atoms with van der Waals surface area (Å²) in [6.07, 6.45) is 7.69. The van der Waals surface area contributed by atoms with Gasteiger partial charge in [-0.1, -0.05) is 58.0 Å². The van der Waals surface area contributed by atoms with Crippen LogP contribution in [0.3, 0.4) is 0 Å². The fourth-order valence-electron chi connectivity index (χ4n) is 6.23. The number of ketones is 2. The van der Waals surface area contributed by atoms with Crippen molar-refractivity contribution in [3.63, 3.8) is 0 Å². The van der Waals surface area contributed by atoms with Gasteiger partial charge >= 0.3 is 0 Å². The van der Waals surface area contributed by atoms with Gasteiger partial charge < -0.3 is 4.79 Å². The van der Waals surface area contributed by atoms with E-state index in [4.69, 9.17) is 0 Å². The smallest absolute Gasteiger partial charge is 0.162 e. The highest BCUT2D eigenvalue weighted by molar-refractivity contribution is 6.01. The first-order chi connectivity index (χ1) is 13.7. The van der Waals surface area contributed by atoms with Crippen molar-refractivity contribution in [2.45, 2.75) is 73.1 Å². The molecule has 5 atom stereocenters.